The SMILES string of the molecule is CC#CCC(NCC)C(OCC)C1CCCCC1. The highest BCUT2D eigenvalue weighted by atomic mass is 16.5. The fraction of sp³-hybridized carbons (Fsp3) is 0.875. The van der Waals surface area contributed by atoms with Gasteiger partial charge in [0.15, 0.2) is 0 Å². The van der Waals surface area contributed by atoms with Crippen LogP contribution in [0.25, 0.3) is 0 Å². The Bertz CT molecular complexity index is 260. The molecule has 2 heteroatoms. The van der Waals surface area contributed by atoms with Crippen molar-refractivity contribution in [3.8, 4) is 11.8 Å². The number of hydrogen-bond acceptors (Lipinski definition) is 2. The largest absolute Gasteiger partial charge is 0.377 e. The van der Waals surface area contributed by atoms with Crippen LogP contribution < -0.4 is 5.32 Å². The average Bonchev–Trinajstić information content (AvgIpc) is 2.42. The van der Waals surface area contributed by atoms with Gasteiger partial charge in [-0.05, 0) is 39.2 Å². The minimum Gasteiger partial charge on any atom is -0.377 e. The van der Waals surface area contributed by atoms with Crippen molar-refractivity contribution in [2.45, 2.75) is 71.4 Å². The monoisotopic (exact) mass is 251 g/mol. The predicted molar refractivity (Wildman–Crippen MR) is 77.5 cm³/mol. The van der Waals surface area contributed by atoms with E-state index in [0.717, 1.165) is 25.5 Å². The van der Waals surface area contributed by atoms with Crippen LogP contribution in [0.3, 0.4) is 0 Å². The zero-order valence-electron chi connectivity index (χ0n) is 12.3. The Kier molecular flexibility index (Phi) is 8.13. The molecule has 1 saturated carbocycles. The molecule has 104 valence electrons. The number of hydrogen-bond donors (Lipinski definition) is 1. The lowest BCUT2D eigenvalue weighted by Crippen LogP contribution is -2.46. The van der Waals surface area contributed by atoms with Crippen LogP contribution in [0.1, 0.15) is 59.3 Å². The van der Waals surface area contributed by atoms with Gasteiger partial charge in [0, 0.05) is 19.1 Å². The Hall–Kier alpha value is -0.520. The first-order valence-corrected chi connectivity index (χ1v) is 7.58. The second kappa shape index (κ2) is 9.42. The van der Waals surface area contributed by atoms with E-state index in [1.165, 1.54) is 32.1 Å². The first-order chi connectivity index (χ1) is 8.83. The van der Waals surface area contributed by atoms with Gasteiger partial charge in [-0.2, -0.15) is 0 Å². The molecule has 0 aromatic rings. The van der Waals surface area contributed by atoms with Crippen molar-refractivity contribution in [2.24, 2.45) is 5.92 Å². The molecule has 0 spiro atoms. The third-order valence-electron chi connectivity index (χ3n) is 3.84. The van der Waals surface area contributed by atoms with E-state index in [9.17, 15) is 0 Å². The lowest BCUT2D eigenvalue weighted by Gasteiger charge is -2.35. The van der Waals surface area contributed by atoms with Crippen LogP contribution in [0.5, 0.6) is 0 Å². The number of ether oxygens (including phenoxy) is 1. The zero-order chi connectivity index (χ0) is 13.2. The summed E-state index contributed by atoms with van der Waals surface area (Å²) in [6, 6.07) is 0.394. The third-order valence-corrected chi connectivity index (χ3v) is 3.84. The van der Waals surface area contributed by atoms with E-state index in [1.54, 1.807) is 0 Å². The molecule has 2 nitrogen and oxygen atoms in total. The van der Waals surface area contributed by atoms with Gasteiger partial charge in [-0.3, -0.25) is 0 Å². The highest BCUT2D eigenvalue weighted by Gasteiger charge is 2.30. The Morgan fingerprint density at radius 3 is 2.50 bits per heavy atom. The minimum absolute atomic E-state index is 0.344. The fourth-order valence-corrected chi connectivity index (χ4v) is 3.01. The van der Waals surface area contributed by atoms with Crippen molar-refractivity contribution in [3.63, 3.8) is 0 Å². The van der Waals surface area contributed by atoms with Crippen molar-refractivity contribution in [1.29, 1.82) is 0 Å². The molecule has 0 saturated heterocycles. The quantitative estimate of drug-likeness (QED) is 0.701. The molecular weight excluding hydrogens is 222 g/mol. The highest BCUT2D eigenvalue weighted by Crippen LogP contribution is 2.30. The lowest BCUT2D eigenvalue weighted by atomic mass is 9.82. The average molecular weight is 251 g/mol. The normalized spacial score (nSPS) is 19.9. The van der Waals surface area contributed by atoms with Gasteiger partial charge >= 0.3 is 0 Å². The number of rotatable bonds is 7. The highest BCUT2D eigenvalue weighted by molar-refractivity contribution is 5.01. The Balaban J connectivity index is 2.65. The molecule has 1 aliphatic carbocycles. The topological polar surface area (TPSA) is 21.3 Å². The van der Waals surface area contributed by atoms with E-state index < -0.39 is 0 Å². The van der Waals surface area contributed by atoms with E-state index in [4.69, 9.17) is 4.74 Å². The van der Waals surface area contributed by atoms with E-state index in [0.29, 0.717) is 12.1 Å². The van der Waals surface area contributed by atoms with Gasteiger partial charge in [0.2, 0.25) is 0 Å². The molecular formula is C16H29NO. The molecule has 1 fully saturated rings. The Labute approximate surface area is 113 Å². The molecule has 1 aliphatic rings. The number of likely N-dealkylation sites (N-methyl/N-ethyl adjacent to an activating group) is 1. The molecule has 1 N–H and O–H groups in total. The number of nitrogens with one attached hydrogen (secondary N) is 1. The van der Waals surface area contributed by atoms with Crippen LogP contribution in [-0.2, 0) is 4.74 Å². The summed E-state index contributed by atoms with van der Waals surface area (Å²) in [4.78, 5) is 0. The minimum atomic E-state index is 0.344. The van der Waals surface area contributed by atoms with Gasteiger partial charge in [0.25, 0.3) is 0 Å². The smallest absolute Gasteiger partial charge is 0.0765 e. The maximum absolute atomic E-state index is 6.06. The van der Waals surface area contributed by atoms with Crippen LogP contribution >= 0.6 is 0 Å². The maximum atomic E-state index is 6.06. The van der Waals surface area contributed by atoms with Crippen LogP contribution in [0.2, 0.25) is 0 Å². The van der Waals surface area contributed by atoms with Gasteiger partial charge in [-0.25, -0.2) is 0 Å². The summed E-state index contributed by atoms with van der Waals surface area (Å²) < 4.78 is 6.06. The van der Waals surface area contributed by atoms with Crippen molar-refractivity contribution in [2.75, 3.05) is 13.2 Å². The lowest BCUT2D eigenvalue weighted by molar-refractivity contribution is -0.0161. The van der Waals surface area contributed by atoms with Gasteiger partial charge in [-0.1, -0.05) is 26.2 Å². The summed E-state index contributed by atoms with van der Waals surface area (Å²) in [6.07, 6.45) is 8.04. The molecule has 0 aliphatic heterocycles. The van der Waals surface area contributed by atoms with Gasteiger partial charge in [0.05, 0.1) is 6.10 Å². The third kappa shape index (κ3) is 5.00. The van der Waals surface area contributed by atoms with Crippen LogP contribution in [0.15, 0.2) is 0 Å². The summed E-state index contributed by atoms with van der Waals surface area (Å²) in [7, 11) is 0. The molecule has 0 amide bonds. The van der Waals surface area contributed by atoms with Gasteiger partial charge < -0.3 is 10.1 Å². The van der Waals surface area contributed by atoms with E-state index >= 15 is 0 Å². The standard InChI is InChI=1S/C16H29NO/c1-4-7-13-15(17-5-2)16(18-6-3)14-11-9-8-10-12-14/h14-17H,5-6,8-13H2,1-3H3. The summed E-state index contributed by atoms with van der Waals surface area (Å²) in [5.74, 6) is 6.95. The molecule has 2 unspecified atom stereocenters. The Morgan fingerprint density at radius 2 is 1.94 bits per heavy atom. The second-order valence-electron chi connectivity index (χ2n) is 5.11. The molecule has 0 aromatic heterocycles. The van der Waals surface area contributed by atoms with Crippen LogP contribution in [-0.4, -0.2) is 25.3 Å². The van der Waals surface area contributed by atoms with Crippen molar-refractivity contribution in [3.05, 3.63) is 0 Å². The molecule has 1 rings (SSSR count). The van der Waals surface area contributed by atoms with Crippen molar-refractivity contribution >= 4 is 0 Å². The van der Waals surface area contributed by atoms with Crippen LogP contribution in [0.4, 0.5) is 0 Å². The second-order valence-corrected chi connectivity index (χ2v) is 5.11. The maximum Gasteiger partial charge on any atom is 0.0765 e. The molecule has 2 atom stereocenters. The molecule has 0 bridgehead atoms. The first kappa shape index (κ1) is 15.5. The first-order valence-electron chi connectivity index (χ1n) is 7.58. The Morgan fingerprint density at radius 1 is 1.22 bits per heavy atom. The molecule has 0 heterocycles. The molecule has 0 aromatic carbocycles. The van der Waals surface area contributed by atoms with E-state index in [1.807, 2.05) is 6.92 Å². The predicted octanol–water partition coefficient (Wildman–Crippen LogP) is 3.36. The zero-order valence-corrected chi connectivity index (χ0v) is 12.3. The molecule has 18 heavy (non-hydrogen) atoms. The van der Waals surface area contributed by atoms with Crippen molar-refractivity contribution < 1.29 is 4.74 Å². The van der Waals surface area contributed by atoms with Crippen molar-refractivity contribution in [1.82, 2.24) is 5.32 Å². The van der Waals surface area contributed by atoms with Gasteiger partial charge in [0.1, 0.15) is 0 Å². The fourth-order valence-electron chi connectivity index (χ4n) is 3.01. The van der Waals surface area contributed by atoms with E-state index in [-0.39, 0.29) is 0 Å². The van der Waals surface area contributed by atoms with Crippen LogP contribution in [0, 0.1) is 17.8 Å². The van der Waals surface area contributed by atoms with Gasteiger partial charge in [-0.15, -0.1) is 11.8 Å². The molecule has 0 radical (unpaired) electrons. The summed E-state index contributed by atoms with van der Waals surface area (Å²) in [6.45, 7) is 7.98. The summed E-state index contributed by atoms with van der Waals surface area (Å²) >= 11 is 0. The summed E-state index contributed by atoms with van der Waals surface area (Å²) in [5.41, 5.74) is 0. The summed E-state index contributed by atoms with van der Waals surface area (Å²) in [5, 5.41) is 3.57. The van der Waals surface area contributed by atoms with E-state index in [2.05, 4.69) is 31.0 Å².